The van der Waals surface area contributed by atoms with Crippen molar-refractivity contribution in [1.82, 2.24) is 0 Å². The minimum atomic E-state index is -4.34. The monoisotopic (exact) mass is 305 g/mol. The average molecular weight is 305 g/mol. The van der Waals surface area contributed by atoms with Gasteiger partial charge in [0.15, 0.2) is 5.84 Å². The van der Waals surface area contributed by atoms with Crippen molar-refractivity contribution < 1.29 is 13.2 Å². The number of hydrogen-bond donors (Lipinski definition) is 1. The van der Waals surface area contributed by atoms with Gasteiger partial charge >= 0.3 is 6.18 Å². The number of benzene rings is 2. The summed E-state index contributed by atoms with van der Waals surface area (Å²) in [4.78, 5) is 7.86. The molecular weight excluding hydrogens is 291 g/mol. The summed E-state index contributed by atoms with van der Waals surface area (Å²) in [5.41, 5.74) is 1.27. The normalized spacial score (nSPS) is 12.1. The lowest BCUT2D eigenvalue weighted by Crippen LogP contribution is -2.05. The second-order valence-electron chi connectivity index (χ2n) is 4.45. The van der Waals surface area contributed by atoms with Crippen LogP contribution in [0, 0.1) is 0 Å². The van der Waals surface area contributed by atoms with Crippen LogP contribution >= 0.6 is 0 Å². The third kappa shape index (κ3) is 3.52. The Morgan fingerprint density at radius 1 is 1.05 bits per heavy atom. The first-order valence-electron chi connectivity index (χ1n) is 6.43. The summed E-state index contributed by atoms with van der Waals surface area (Å²) in [6.07, 6.45) is -4.34. The summed E-state index contributed by atoms with van der Waals surface area (Å²) in [5, 5.41) is 3.06. The quantitative estimate of drug-likeness (QED) is 0.656. The lowest BCUT2D eigenvalue weighted by atomic mass is 10.1. The highest BCUT2D eigenvalue weighted by molar-refractivity contribution is 6.06. The van der Waals surface area contributed by atoms with Gasteiger partial charge in [-0.05, 0) is 43.1 Å². The van der Waals surface area contributed by atoms with Crippen molar-refractivity contribution in [3.63, 3.8) is 0 Å². The molecule has 1 N–H and O–H groups in total. The number of aliphatic imine (C=N–C) groups is 2. The molecule has 22 heavy (non-hydrogen) atoms. The largest absolute Gasteiger partial charge is 0.416 e. The Kier molecular flexibility index (Phi) is 4.60. The zero-order chi connectivity index (χ0) is 16.2. The lowest BCUT2D eigenvalue weighted by Gasteiger charge is -2.12. The molecule has 3 nitrogen and oxygen atoms in total. The first-order valence-corrected chi connectivity index (χ1v) is 6.43. The molecule has 0 atom stereocenters. The molecule has 0 amide bonds. The molecule has 0 saturated heterocycles. The minimum absolute atomic E-state index is 0.454. The molecule has 0 aliphatic carbocycles. The second kappa shape index (κ2) is 6.43. The van der Waals surface area contributed by atoms with Crippen molar-refractivity contribution in [2.24, 2.45) is 9.98 Å². The van der Waals surface area contributed by atoms with Gasteiger partial charge in [0.25, 0.3) is 0 Å². The maximum absolute atomic E-state index is 12.6. The molecule has 0 fully saturated rings. The van der Waals surface area contributed by atoms with E-state index in [0.29, 0.717) is 17.2 Å². The van der Waals surface area contributed by atoms with Crippen molar-refractivity contribution >= 4 is 23.9 Å². The Labute approximate surface area is 126 Å². The van der Waals surface area contributed by atoms with Crippen molar-refractivity contribution in [2.45, 2.75) is 6.18 Å². The van der Waals surface area contributed by atoms with Crippen LogP contribution < -0.4 is 5.32 Å². The summed E-state index contributed by atoms with van der Waals surface area (Å²) < 4.78 is 37.7. The fourth-order valence-electron chi connectivity index (χ4n) is 1.96. The topological polar surface area (TPSA) is 36.8 Å². The fourth-order valence-corrected chi connectivity index (χ4v) is 1.96. The molecule has 0 spiro atoms. The molecule has 0 aliphatic heterocycles. The molecule has 0 saturated carbocycles. The summed E-state index contributed by atoms with van der Waals surface area (Å²) in [6, 6.07) is 12.1. The van der Waals surface area contributed by atoms with Gasteiger partial charge in [0, 0.05) is 24.0 Å². The molecule has 0 aromatic heterocycles. The van der Waals surface area contributed by atoms with E-state index in [9.17, 15) is 13.2 Å². The van der Waals surface area contributed by atoms with Gasteiger partial charge in [-0.25, -0.2) is 4.99 Å². The van der Waals surface area contributed by atoms with E-state index < -0.39 is 11.7 Å². The summed E-state index contributed by atoms with van der Waals surface area (Å²) in [5.74, 6) is 0.454. The standard InChI is InChI=1S/C16H14F3N3/c1-20-15(21-2)13-5-3-4-6-14(13)22-12-9-7-11(8-10-12)16(17,18)19/h3-10,22H,1H2,2H3. The van der Waals surface area contributed by atoms with Crippen LogP contribution in [0.2, 0.25) is 0 Å². The summed E-state index contributed by atoms with van der Waals surface area (Å²) in [7, 11) is 1.60. The zero-order valence-electron chi connectivity index (χ0n) is 11.9. The molecule has 0 radical (unpaired) electrons. The number of nitrogens with one attached hydrogen (secondary N) is 1. The van der Waals surface area contributed by atoms with E-state index in [1.54, 1.807) is 13.1 Å². The van der Waals surface area contributed by atoms with Crippen LogP contribution in [-0.2, 0) is 6.18 Å². The predicted octanol–water partition coefficient (Wildman–Crippen LogP) is 4.53. The maximum atomic E-state index is 12.6. The molecule has 114 valence electrons. The van der Waals surface area contributed by atoms with E-state index >= 15 is 0 Å². The van der Waals surface area contributed by atoms with Gasteiger partial charge in [-0.1, -0.05) is 12.1 Å². The van der Waals surface area contributed by atoms with Crippen LogP contribution in [0.5, 0.6) is 0 Å². The number of nitrogens with zero attached hydrogens (tertiary/aromatic N) is 2. The predicted molar refractivity (Wildman–Crippen MR) is 83.2 cm³/mol. The Morgan fingerprint density at radius 3 is 2.23 bits per heavy atom. The van der Waals surface area contributed by atoms with Crippen molar-refractivity contribution in [1.29, 1.82) is 0 Å². The van der Waals surface area contributed by atoms with Crippen LogP contribution in [0.3, 0.4) is 0 Å². The molecule has 2 rings (SSSR count). The number of alkyl halides is 3. The minimum Gasteiger partial charge on any atom is -0.355 e. The van der Waals surface area contributed by atoms with Crippen molar-refractivity contribution in [2.75, 3.05) is 12.4 Å². The third-order valence-electron chi connectivity index (χ3n) is 3.02. The van der Waals surface area contributed by atoms with E-state index in [0.717, 1.165) is 17.7 Å². The number of anilines is 2. The van der Waals surface area contributed by atoms with Gasteiger partial charge < -0.3 is 5.32 Å². The Morgan fingerprint density at radius 2 is 1.68 bits per heavy atom. The molecule has 6 heteroatoms. The first kappa shape index (κ1) is 15.8. The van der Waals surface area contributed by atoms with Crippen molar-refractivity contribution in [3.05, 3.63) is 59.7 Å². The van der Waals surface area contributed by atoms with Crippen LogP contribution in [0.4, 0.5) is 24.5 Å². The van der Waals surface area contributed by atoms with Gasteiger partial charge in [0.2, 0.25) is 0 Å². The first-order chi connectivity index (χ1) is 10.5. The van der Waals surface area contributed by atoms with Gasteiger partial charge in [0.05, 0.1) is 5.56 Å². The van der Waals surface area contributed by atoms with Gasteiger partial charge in [-0.3, -0.25) is 4.99 Å². The van der Waals surface area contributed by atoms with Crippen LogP contribution in [0.25, 0.3) is 0 Å². The molecule has 0 aliphatic rings. The number of halogens is 3. The van der Waals surface area contributed by atoms with E-state index in [-0.39, 0.29) is 0 Å². The van der Waals surface area contributed by atoms with Crippen molar-refractivity contribution in [3.8, 4) is 0 Å². The second-order valence-corrected chi connectivity index (χ2v) is 4.45. The number of para-hydroxylation sites is 1. The van der Waals surface area contributed by atoms with E-state index in [4.69, 9.17) is 0 Å². The van der Waals surface area contributed by atoms with Crippen LogP contribution in [0.1, 0.15) is 11.1 Å². The Balaban J connectivity index is 2.30. The molecule has 2 aromatic carbocycles. The summed E-state index contributed by atoms with van der Waals surface area (Å²) in [6.45, 7) is 3.46. The molecular formula is C16H14F3N3. The number of hydrogen-bond acceptors (Lipinski definition) is 2. The molecule has 0 bridgehead atoms. The van der Waals surface area contributed by atoms with Crippen LogP contribution in [0.15, 0.2) is 58.5 Å². The van der Waals surface area contributed by atoms with Gasteiger partial charge in [0.1, 0.15) is 0 Å². The smallest absolute Gasteiger partial charge is 0.355 e. The Bertz CT molecular complexity index is 689. The summed E-state index contributed by atoms with van der Waals surface area (Å²) >= 11 is 0. The Hall–Kier alpha value is -2.63. The van der Waals surface area contributed by atoms with Crippen LogP contribution in [-0.4, -0.2) is 19.6 Å². The van der Waals surface area contributed by atoms with Gasteiger partial charge in [-0.15, -0.1) is 0 Å². The van der Waals surface area contributed by atoms with Gasteiger partial charge in [-0.2, -0.15) is 13.2 Å². The lowest BCUT2D eigenvalue weighted by molar-refractivity contribution is -0.137. The number of rotatable bonds is 3. The highest BCUT2D eigenvalue weighted by Gasteiger charge is 2.29. The molecule has 0 unspecified atom stereocenters. The highest BCUT2D eigenvalue weighted by Crippen LogP contribution is 2.30. The number of amidine groups is 1. The zero-order valence-corrected chi connectivity index (χ0v) is 11.9. The highest BCUT2D eigenvalue weighted by atomic mass is 19.4. The van der Waals surface area contributed by atoms with E-state index in [1.807, 2.05) is 18.2 Å². The van der Waals surface area contributed by atoms with E-state index in [2.05, 4.69) is 22.0 Å². The molecule has 2 aromatic rings. The van der Waals surface area contributed by atoms with E-state index in [1.165, 1.54) is 12.1 Å². The molecule has 0 heterocycles. The SMILES string of the molecule is C=NC(=NC)c1ccccc1Nc1ccc(C(F)(F)F)cc1. The fraction of sp³-hybridized carbons (Fsp3) is 0.125. The maximum Gasteiger partial charge on any atom is 0.416 e. The third-order valence-corrected chi connectivity index (χ3v) is 3.02. The average Bonchev–Trinajstić information content (AvgIpc) is 2.50.